The number of aryl methyl sites for hydroxylation is 2. The number of nitrogens with two attached hydrogens (primary N) is 1. The molecule has 2 rings (SSSR count). The summed E-state index contributed by atoms with van der Waals surface area (Å²) in [5.41, 5.74) is 6.83. The van der Waals surface area contributed by atoms with Crippen LogP contribution in [0.3, 0.4) is 0 Å². The lowest BCUT2D eigenvalue weighted by atomic mass is 10.2. The van der Waals surface area contributed by atoms with E-state index < -0.39 is 0 Å². The molecule has 0 aliphatic carbocycles. The minimum Gasteiger partial charge on any atom is -0.383 e. The first-order valence-electron chi connectivity index (χ1n) is 5.88. The van der Waals surface area contributed by atoms with Crippen LogP contribution in [0.2, 0.25) is 0 Å². The molecule has 0 amide bonds. The molecule has 0 saturated heterocycles. The van der Waals surface area contributed by atoms with E-state index in [9.17, 15) is 0 Å². The zero-order valence-electron chi connectivity index (χ0n) is 11.4. The largest absolute Gasteiger partial charge is 0.383 e. The number of hydrogen-bond donors (Lipinski definition) is 2. The summed E-state index contributed by atoms with van der Waals surface area (Å²) >= 11 is 3.18. The Labute approximate surface area is 121 Å². The molecule has 2 heterocycles. The summed E-state index contributed by atoms with van der Waals surface area (Å²) in [6.45, 7) is 6.14. The van der Waals surface area contributed by atoms with Crippen molar-refractivity contribution in [2.45, 2.75) is 32.0 Å². The van der Waals surface area contributed by atoms with Crippen LogP contribution in [0, 0.1) is 13.8 Å². The number of nitrogens with one attached hydrogen (secondary N) is 1. The van der Waals surface area contributed by atoms with Gasteiger partial charge in [0.1, 0.15) is 11.6 Å². The molecular formula is C12H17N5S2. The van der Waals surface area contributed by atoms with Crippen LogP contribution in [-0.2, 0) is 0 Å². The van der Waals surface area contributed by atoms with E-state index in [1.165, 1.54) is 16.6 Å². The highest BCUT2D eigenvalue weighted by atomic mass is 32.2. The van der Waals surface area contributed by atoms with Crippen LogP contribution in [-0.4, -0.2) is 21.2 Å². The summed E-state index contributed by atoms with van der Waals surface area (Å²) in [7, 11) is 0. The lowest BCUT2D eigenvalue weighted by Crippen LogP contribution is -2.09. The minimum absolute atomic E-state index is 0.148. The number of aromatic nitrogens is 3. The molecule has 2 aromatic rings. The number of nitrogens with zero attached hydrogens (tertiary/aromatic N) is 3. The average Bonchev–Trinajstić information content (AvgIpc) is 2.67. The van der Waals surface area contributed by atoms with E-state index in [2.05, 4.69) is 27.2 Å². The summed E-state index contributed by atoms with van der Waals surface area (Å²) < 4.78 is 0. The van der Waals surface area contributed by atoms with Gasteiger partial charge in [0.25, 0.3) is 0 Å². The van der Waals surface area contributed by atoms with Crippen LogP contribution in [0.5, 0.6) is 0 Å². The zero-order valence-corrected chi connectivity index (χ0v) is 13.0. The molecule has 3 N–H and O–H groups in total. The third-order valence-electron chi connectivity index (χ3n) is 2.61. The van der Waals surface area contributed by atoms with Gasteiger partial charge in [-0.05, 0) is 27.0 Å². The molecule has 1 atom stereocenters. The topological polar surface area (TPSA) is 76.7 Å². The molecule has 102 valence electrons. The SMILES string of the molecule is CSc1nc(N)cc(NC(C)c2sc(C)nc2C)n1. The zero-order chi connectivity index (χ0) is 14.0. The normalized spacial score (nSPS) is 12.4. The van der Waals surface area contributed by atoms with Crippen molar-refractivity contribution in [1.29, 1.82) is 0 Å². The fraction of sp³-hybridized carbons (Fsp3) is 0.417. The maximum absolute atomic E-state index is 5.77. The Morgan fingerprint density at radius 3 is 2.63 bits per heavy atom. The Balaban J connectivity index is 2.21. The molecule has 5 nitrogen and oxygen atoms in total. The highest BCUT2D eigenvalue weighted by Gasteiger charge is 2.14. The molecule has 0 bridgehead atoms. The first kappa shape index (κ1) is 14.1. The molecule has 0 spiro atoms. The Morgan fingerprint density at radius 1 is 1.32 bits per heavy atom. The van der Waals surface area contributed by atoms with Crippen molar-refractivity contribution in [2.75, 3.05) is 17.3 Å². The van der Waals surface area contributed by atoms with Crippen molar-refractivity contribution < 1.29 is 0 Å². The first-order chi connectivity index (χ1) is 8.99. The van der Waals surface area contributed by atoms with Gasteiger partial charge in [0, 0.05) is 10.9 Å². The van der Waals surface area contributed by atoms with Crippen molar-refractivity contribution in [3.63, 3.8) is 0 Å². The smallest absolute Gasteiger partial charge is 0.191 e. The van der Waals surface area contributed by atoms with Gasteiger partial charge in [-0.2, -0.15) is 0 Å². The number of hydrogen-bond acceptors (Lipinski definition) is 7. The third kappa shape index (κ3) is 3.36. The van der Waals surface area contributed by atoms with Crippen molar-refractivity contribution in [3.8, 4) is 0 Å². The molecule has 0 aliphatic heterocycles. The van der Waals surface area contributed by atoms with Gasteiger partial charge in [0.2, 0.25) is 0 Å². The molecule has 0 aliphatic rings. The van der Waals surface area contributed by atoms with Crippen molar-refractivity contribution in [1.82, 2.24) is 15.0 Å². The number of thioether (sulfide) groups is 1. The van der Waals surface area contributed by atoms with Gasteiger partial charge in [-0.3, -0.25) is 0 Å². The number of rotatable bonds is 4. The standard InChI is InChI=1S/C12H17N5S2/c1-6-11(19-8(3)14-6)7(2)15-10-5-9(13)16-12(17-10)18-4/h5,7H,1-4H3,(H3,13,15,16,17). The predicted octanol–water partition coefficient (Wildman–Crippen LogP) is 3.03. The van der Waals surface area contributed by atoms with Gasteiger partial charge in [-0.25, -0.2) is 15.0 Å². The Hall–Kier alpha value is -1.34. The van der Waals surface area contributed by atoms with Crippen LogP contribution < -0.4 is 11.1 Å². The maximum atomic E-state index is 5.77. The average molecular weight is 295 g/mol. The molecule has 2 aromatic heterocycles. The van der Waals surface area contributed by atoms with Crippen LogP contribution >= 0.6 is 23.1 Å². The third-order valence-corrected chi connectivity index (χ3v) is 4.41. The van der Waals surface area contributed by atoms with Gasteiger partial charge >= 0.3 is 0 Å². The second kappa shape index (κ2) is 5.75. The Kier molecular flexibility index (Phi) is 4.26. The monoisotopic (exact) mass is 295 g/mol. The second-order valence-corrected chi connectivity index (χ2v) is 6.22. The lowest BCUT2D eigenvalue weighted by molar-refractivity contribution is 0.862. The molecule has 0 radical (unpaired) electrons. The van der Waals surface area contributed by atoms with Crippen LogP contribution in [0.1, 0.15) is 28.5 Å². The summed E-state index contributed by atoms with van der Waals surface area (Å²) in [4.78, 5) is 14.2. The van der Waals surface area contributed by atoms with E-state index in [4.69, 9.17) is 5.73 Å². The first-order valence-corrected chi connectivity index (χ1v) is 7.92. The second-order valence-electron chi connectivity index (χ2n) is 4.21. The molecule has 1 unspecified atom stereocenters. The molecule has 19 heavy (non-hydrogen) atoms. The summed E-state index contributed by atoms with van der Waals surface area (Å²) in [5.74, 6) is 1.22. The molecule has 0 saturated carbocycles. The number of thiazole rings is 1. The molecule has 0 fully saturated rings. The van der Waals surface area contributed by atoms with Gasteiger partial charge < -0.3 is 11.1 Å². The van der Waals surface area contributed by atoms with Crippen LogP contribution in [0.4, 0.5) is 11.6 Å². The summed E-state index contributed by atoms with van der Waals surface area (Å²) in [5, 5.41) is 5.10. The van der Waals surface area contributed by atoms with Crippen molar-refractivity contribution in [3.05, 3.63) is 21.6 Å². The predicted molar refractivity (Wildman–Crippen MR) is 81.9 cm³/mol. The number of nitrogen functional groups attached to an aromatic ring is 1. The van der Waals surface area contributed by atoms with Crippen LogP contribution in [0.15, 0.2) is 11.2 Å². The lowest BCUT2D eigenvalue weighted by Gasteiger charge is -2.14. The van der Waals surface area contributed by atoms with E-state index in [0.29, 0.717) is 11.0 Å². The Morgan fingerprint density at radius 2 is 2.05 bits per heavy atom. The van der Waals surface area contributed by atoms with E-state index in [1.54, 1.807) is 17.4 Å². The highest BCUT2D eigenvalue weighted by Crippen LogP contribution is 2.27. The Bertz CT molecular complexity index is 581. The number of anilines is 2. The highest BCUT2D eigenvalue weighted by molar-refractivity contribution is 7.98. The minimum atomic E-state index is 0.148. The molecular weight excluding hydrogens is 278 g/mol. The van der Waals surface area contributed by atoms with E-state index in [1.807, 2.05) is 20.1 Å². The van der Waals surface area contributed by atoms with E-state index >= 15 is 0 Å². The summed E-state index contributed by atoms with van der Waals surface area (Å²) in [6.07, 6.45) is 1.93. The molecule has 7 heteroatoms. The fourth-order valence-corrected chi connectivity index (χ4v) is 3.16. The molecule has 0 aromatic carbocycles. The maximum Gasteiger partial charge on any atom is 0.191 e. The van der Waals surface area contributed by atoms with Crippen molar-refractivity contribution >= 4 is 34.7 Å². The van der Waals surface area contributed by atoms with Gasteiger partial charge in [-0.1, -0.05) is 11.8 Å². The van der Waals surface area contributed by atoms with Crippen LogP contribution in [0.25, 0.3) is 0 Å². The van der Waals surface area contributed by atoms with E-state index in [-0.39, 0.29) is 6.04 Å². The van der Waals surface area contributed by atoms with E-state index in [0.717, 1.165) is 16.5 Å². The van der Waals surface area contributed by atoms with Gasteiger partial charge in [0.15, 0.2) is 5.16 Å². The van der Waals surface area contributed by atoms with Gasteiger partial charge in [-0.15, -0.1) is 11.3 Å². The van der Waals surface area contributed by atoms with Crippen molar-refractivity contribution in [2.24, 2.45) is 0 Å². The quantitative estimate of drug-likeness (QED) is 0.667. The fourth-order valence-electron chi connectivity index (χ4n) is 1.84. The summed E-state index contributed by atoms with van der Waals surface area (Å²) in [6, 6.07) is 1.90. The van der Waals surface area contributed by atoms with Gasteiger partial charge in [0.05, 0.1) is 16.7 Å².